The SMILES string of the molecule is CC(=O)SCCC(=O)N1CCCCC1C=O. The Morgan fingerprint density at radius 2 is 2.19 bits per heavy atom. The van der Waals surface area contributed by atoms with Crippen molar-refractivity contribution in [1.82, 2.24) is 4.90 Å². The molecular formula is C11H17NO3S. The first-order valence-electron chi connectivity index (χ1n) is 5.53. The van der Waals surface area contributed by atoms with Crippen LogP contribution in [-0.4, -0.2) is 40.5 Å². The van der Waals surface area contributed by atoms with Gasteiger partial charge in [0.25, 0.3) is 0 Å². The summed E-state index contributed by atoms with van der Waals surface area (Å²) in [5.74, 6) is 0.501. The van der Waals surface area contributed by atoms with E-state index in [4.69, 9.17) is 0 Å². The van der Waals surface area contributed by atoms with E-state index >= 15 is 0 Å². The molecule has 0 spiro atoms. The minimum atomic E-state index is -0.247. The summed E-state index contributed by atoms with van der Waals surface area (Å²) in [5.41, 5.74) is 0. The number of piperidine rings is 1. The molecule has 1 atom stereocenters. The summed E-state index contributed by atoms with van der Waals surface area (Å²) in [6.07, 6.45) is 3.95. The standard InChI is InChI=1S/C11H17NO3S/c1-9(14)16-7-5-11(15)12-6-3-2-4-10(12)8-13/h8,10H,2-7H2,1H3. The highest BCUT2D eigenvalue weighted by Crippen LogP contribution is 2.17. The zero-order chi connectivity index (χ0) is 12.0. The molecule has 0 aromatic rings. The number of rotatable bonds is 4. The highest BCUT2D eigenvalue weighted by atomic mass is 32.2. The van der Waals surface area contributed by atoms with Crippen LogP contribution in [0, 0.1) is 0 Å². The first-order chi connectivity index (χ1) is 7.65. The molecule has 1 aliphatic rings. The van der Waals surface area contributed by atoms with Gasteiger partial charge in [0.2, 0.25) is 5.91 Å². The number of nitrogens with zero attached hydrogens (tertiary/aromatic N) is 1. The summed E-state index contributed by atoms with van der Waals surface area (Å²) in [6, 6.07) is -0.247. The van der Waals surface area contributed by atoms with Crippen molar-refractivity contribution in [3.05, 3.63) is 0 Å². The Labute approximate surface area is 99.8 Å². The van der Waals surface area contributed by atoms with Crippen molar-refractivity contribution in [2.75, 3.05) is 12.3 Å². The zero-order valence-electron chi connectivity index (χ0n) is 9.48. The van der Waals surface area contributed by atoms with Crippen LogP contribution in [0.1, 0.15) is 32.6 Å². The highest BCUT2D eigenvalue weighted by molar-refractivity contribution is 8.13. The number of hydrogen-bond acceptors (Lipinski definition) is 4. The van der Waals surface area contributed by atoms with Gasteiger partial charge in [-0.25, -0.2) is 0 Å². The van der Waals surface area contributed by atoms with Crippen LogP contribution in [-0.2, 0) is 14.4 Å². The Morgan fingerprint density at radius 1 is 1.44 bits per heavy atom. The van der Waals surface area contributed by atoms with Gasteiger partial charge in [-0.3, -0.25) is 9.59 Å². The molecule has 4 nitrogen and oxygen atoms in total. The van der Waals surface area contributed by atoms with Gasteiger partial charge in [0.05, 0.1) is 6.04 Å². The van der Waals surface area contributed by atoms with Crippen LogP contribution in [0.5, 0.6) is 0 Å². The maximum Gasteiger partial charge on any atom is 0.224 e. The largest absolute Gasteiger partial charge is 0.333 e. The number of carbonyl (C=O) groups excluding carboxylic acids is 3. The fraction of sp³-hybridized carbons (Fsp3) is 0.727. The van der Waals surface area contributed by atoms with E-state index in [1.807, 2.05) is 0 Å². The smallest absolute Gasteiger partial charge is 0.224 e. The molecule has 5 heteroatoms. The molecule has 1 aliphatic heterocycles. The molecule has 0 N–H and O–H groups in total. The van der Waals surface area contributed by atoms with Crippen molar-refractivity contribution in [3.63, 3.8) is 0 Å². The molecule has 1 heterocycles. The summed E-state index contributed by atoms with van der Waals surface area (Å²) in [5, 5.41) is 0.0263. The first-order valence-corrected chi connectivity index (χ1v) is 6.52. The molecule has 0 saturated carbocycles. The number of hydrogen-bond donors (Lipinski definition) is 0. The number of likely N-dealkylation sites (tertiary alicyclic amines) is 1. The van der Waals surface area contributed by atoms with E-state index in [0.717, 1.165) is 37.3 Å². The lowest BCUT2D eigenvalue weighted by molar-refractivity contribution is -0.137. The van der Waals surface area contributed by atoms with E-state index < -0.39 is 0 Å². The second-order valence-corrected chi connectivity index (χ2v) is 5.15. The van der Waals surface area contributed by atoms with Crippen LogP contribution in [0.2, 0.25) is 0 Å². The van der Waals surface area contributed by atoms with Crippen LogP contribution in [0.3, 0.4) is 0 Å². The number of aldehydes is 1. The third kappa shape index (κ3) is 3.96. The summed E-state index contributed by atoms with van der Waals surface area (Å²) >= 11 is 1.16. The second kappa shape index (κ2) is 6.68. The molecule has 90 valence electrons. The van der Waals surface area contributed by atoms with E-state index in [2.05, 4.69) is 0 Å². The van der Waals surface area contributed by atoms with Gasteiger partial charge in [-0.2, -0.15) is 0 Å². The van der Waals surface area contributed by atoms with Crippen LogP contribution in [0.4, 0.5) is 0 Å². The lowest BCUT2D eigenvalue weighted by Crippen LogP contribution is -2.44. The number of thioether (sulfide) groups is 1. The summed E-state index contributed by atoms with van der Waals surface area (Å²) in [6.45, 7) is 2.16. The van der Waals surface area contributed by atoms with Crippen LogP contribution in [0.15, 0.2) is 0 Å². The normalized spacial score (nSPS) is 20.6. The second-order valence-electron chi connectivity index (χ2n) is 3.88. The van der Waals surface area contributed by atoms with Crippen molar-refractivity contribution >= 4 is 29.1 Å². The van der Waals surface area contributed by atoms with Crippen LogP contribution in [0.25, 0.3) is 0 Å². The van der Waals surface area contributed by atoms with Gasteiger partial charge in [-0.05, 0) is 19.3 Å². The molecule has 16 heavy (non-hydrogen) atoms. The Morgan fingerprint density at radius 3 is 2.81 bits per heavy atom. The summed E-state index contributed by atoms with van der Waals surface area (Å²) in [7, 11) is 0. The predicted molar refractivity (Wildman–Crippen MR) is 63.2 cm³/mol. The Bertz CT molecular complexity index is 280. The minimum Gasteiger partial charge on any atom is -0.333 e. The van der Waals surface area contributed by atoms with Gasteiger partial charge in [0.1, 0.15) is 6.29 Å². The van der Waals surface area contributed by atoms with Gasteiger partial charge < -0.3 is 9.69 Å². The molecule has 1 fully saturated rings. The Kier molecular flexibility index (Phi) is 5.52. The van der Waals surface area contributed by atoms with Crippen LogP contribution >= 0.6 is 11.8 Å². The molecule has 1 amide bonds. The molecule has 1 rings (SSSR count). The highest BCUT2D eigenvalue weighted by Gasteiger charge is 2.25. The van der Waals surface area contributed by atoms with Gasteiger partial charge >= 0.3 is 0 Å². The van der Waals surface area contributed by atoms with E-state index in [0.29, 0.717) is 18.7 Å². The molecule has 0 radical (unpaired) electrons. The maximum absolute atomic E-state index is 11.8. The van der Waals surface area contributed by atoms with Crippen LogP contribution < -0.4 is 0 Å². The molecule has 0 aliphatic carbocycles. The quantitative estimate of drug-likeness (QED) is 0.697. The Hall–Kier alpha value is -0.840. The van der Waals surface area contributed by atoms with Crippen molar-refractivity contribution in [2.24, 2.45) is 0 Å². The topological polar surface area (TPSA) is 54.5 Å². The molecular weight excluding hydrogens is 226 g/mol. The fourth-order valence-electron chi connectivity index (χ4n) is 1.83. The first kappa shape index (κ1) is 13.2. The average molecular weight is 243 g/mol. The third-order valence-electron chi connectivity index (χ3n) is 2.65. The third-order valence-corrected chi connectivity index (χ3v) is 3.46. The monoisotopic (exact) mass is 243 g/mol. The molecule has 0 aromatic carbocycles. The van der Waals surface area contributed by atoms with Gasteiger partial charge in [0.15, 0.2) is 5.12 Å². The van der Waals surface area contributed by atoms with E-state index in [-0.39, 0.29) is 17.1 Å². The molecule has 1 unspecified atom stereocenters. The van der Waals surface area contributed by atoms with Gasteiger partial charge in [-0.15, -0.1) is 0 Å². The number of amides is 1. The maximum atomic E-state index is 11.8. The predicted octanol–water partition coefficient (Wildman–Crippen LogP) is 1.24. The van der Waals surface area contributed by atoms with Gasteiger partial charge in [-0.1, -0.05) is 11.8 Å². The number of carbonyl (C=O) groups is 3. The van der Waals surface area contributed by atoms with E-state index in [1.165, 1.54) is 6.92 Å². The van der Waals surface area contributed by atoms with Crippen molar-refractivity contribution < 1.29 is 14.4 Å². The van der Waals surface area contributed by atoms with Crippen molar-refractivity contribution in [1.29, 1.82) is 0 Å². The zero-order valence-corrected chi connectivity index (χ0v) is 10.3. The average Bonchev–Trinajstić information content (AvgIpc) is 2.28. The molecule has 0 bridgehead atoms. The summed E-state index contributed by atoms with van der Waals surface area (Å²) in [4.78, 5) is 34.9. The lowest BCUT2D eigenvalue weighted by Gasteiger charge is -2.32. The van der Waals surface area contributed by atoms with E-state index in [9.17, 15) is 14.4 Å². The van der Waals surface area contributed by atoms with Crippen molar-refractivity contribution in [3.8, 4) is 0 Å². The van der Waals surface area contributed by atoms with Gasteiger partial charge in [0, 0.05) is 25.6 Å². The molecule has 1 saturated heterocycles. The fourth-order valence-corrected chi connectivity index (χ4v) is 2.40. The minimum absolute atomic E-state index is 0.00875. The molecule has 0 aromatic heterocycles. The Balaban J connectivity index is 2.38. The van der Waals surface area contributed by atoms with E-state index in [1.54, 1.807) is 4.90 Å². The summed E-state index contributed by atoms with van der Waals surface area (Å²) < 4.78 is 0. The lowest BCUT2D eigenvalue weighted by atomic mass is 10.0. The van der Waals surface area contributed by atoms with Crippen molar-refractivity contribution in [2.45, 2.75) is 38.6 Å².